The molecule has 1 unspecified atom stereocenters. The zero-order valence-corrected chi connectivity index (χ0v) is 10.8. The molecule has 1 atom stereocenters. The Balaban J connectivity index is 2.53. The van der Waals surface area contributed by atoms with Gasteiger partial charge in [0, 0.05) is 6.04 Å². The summed E-state index contributed by atoms with van der Waals surface area (Å²) in [6.45, 7) is 6.67. The molecule has 90 valence electrons. The average molecular weight is 221 g/mol. The van der Waals surface area contributed by atoms with Crippen molar-refractivity contribution in [2.75, 3.05) is 7.11 Å². The van der Waals surface area contributed by atoms with Crippen molar-refractivity contribution in [3.63, 3.8) is 0 Å². The summed E-state index contributed by atoms with van der Waals surface area (Å²) in [7, 11) is 1.68. The lowest BCUT2D eigenvalue weighted by molar-refractivity contribution is 0.338. The van der Waals surface area contributed by atoms with Gasteiger partial charge >= 0.3 is 0 Å². The molecule has 0 aromatic heterocycles. The van der Waals surface area contributed by atoms with Crippen LogP contribution in [-0.4, -0.2) is 13.2 Å². The quantitative estimate of drug-likeness (QED) is 0.848. The third-order valence-corrected chi connectivity index (χ3v) is 2.53. The van der Waals surface area contributed by atoms with Crippen LogP contribution in [-0.2, 0) is 6.42 Å². The summed E-state index contributed by atoms with van der Waals surface area (Å²) in [5.41, 5.74) is 7.70. The Bertz CT molecular complexity index is 311. The average Bonchev–Trinajstić information content (AvgIpc) is 2.16. The van der Waals surface area contributed by atoms with Gasteiger partial charge < -0.3 is 10.5 Å². The minimum absolute atomic E-state index is 0.230. The Hall–Kier alpha value is -1.02. The van der Waals surface area contributed by atoms with E-state index in [-0.39, 0.29) is 6.04 Å². The summed E-state index contributed by atoms with van der Waals surface area (Å²) in [5.74, 6) is 0.896. The molecule has 2 heteroatoms. The summed E-state index contributed by atoms with van der Waals surface area (Å²) >= 11 is 0. The van der Waals surface area contributed by atoms with E-state index in [9.17, 15) is 0 Å². The first-order chi connectivity index (χ1) is 7.40. The van der Waals surface area contributed by atoms with Crippen molar-refractivity contribution < 1.29 is 4.74 Å². The molecule has 0 radical (unpaired) electrons. The number of rotatable bonds is 4. The fourth-order valence-corrected chi connectivity index (χ4v) is 1.92. The van der Waals surface area contributed by atoms with E-state index in [0.29, 0.717) is 5.41 Å². The zero-order valence-electron chi connectivity index (χ0n) is 10.8. The van der Waals surface area contributed by atoms with E-state index in [2.05, 4.69) is 32.9 Å². The molecule has 0 amide bonds. The summed E-state index contributed by atoms with van der Waals surface area (Å²) in [5, 5.41) is 0. The third kappa shape index (κ3) is 4.67. The SMILES string of the molecule is COc1ccc(CC(N)CC(C)(C)C)cc1. The van der Waals surface area contributed by atoms with Gasteiger partial charge in [-0.1, -0.05) is 32.9 Å². The molecule has 2 nitrogen and oxygen atoms in total. The highest BCUT2D eigenvalue weighted by Crippen LogP contribution is 2.22. The van der Waals surface area contributed by atoms with Crippen molar-refractivity contribution in [3.05, 3.63) is 29.8 Å². The van der Waals surface area contributed by atoms with Gasteiger partial charge in [-0.15, -0.1) is 0 Å². The Labute approximate surface area is 98.8 Å². The predicted molar refractivity (Wildman–Crippen MR) is 68.7 cm³/mol. The minimum Gasteiger partial charge on any atom is -0.497 e. The van der Waals surface area contributed by atoms with Crippen LogP contribution in [0.3, 0.4) is 0 Å². The van der Waals surface area contributed by atoms with Crippen LogP contribution in [0.15, 0.2) is 24.3 Å². The van der Waals surface area contributed by atoms with E-state index in [1.807, 2.05) is 12.1 Å². The summed E-state index contributed by atoms with van der Waals surface area (Å²) < 4.78 is 5.12. The van der Waals surface area contributed by atoms with Gasteiger partial charge in [0.15, 0.2) is 0 Å². The van der Waals surface area contributed by atoms with Crippen LogP contribution in [0.4, 0.5) is 0 Å². The molecule has 0 heterocycles. The number of benzene rings is 1. The molecule has 0 saturated heterocycles. The first-order valence-corrected chi connectivity index (χ1v) is 5.79. The Kier molecular flexibility index (Phi) is 4.36. The lowest BCUT2D eigenvalue weighted by atomic mass is 9.86. The van der Waals surface area contributed by atoms with E-state index in [1.165, 1.54) is 5.56 Å². The second-order valence-electron chi connectivity index (χ2n) is 5.58. The normalized spacial score (nSPS) is 13.6. The number of hydrogen-bond acceptors (Lipinski definition) is 2. The maximum absolute atomic E-state index is 6.13. The van der Waals surface area contributed by atoms with Crippen molar-refractivity contribution in [1.82, 2.24) is 0 Å². The molecule has 0 saturated carbocycles. The van der Waals surface area contributed by atoms with Crippen molar-refractivity contribution in [2.24, 2.45) is 11.1 Å². The van der Waals surface area contributed by atoms with E-state index in [4.69, 9.17) is 10.5 Å². The van der Waals surface area contributed by atoms with Crippen LogP contribution >= 0.6 is 0 Å². The van der Waals surface area contributed by atoms with Gasteiger partial charge in [0.2, 0.25) is 0 Å². The molecule has 0 fully saturated rings. The van der Waals surface area contributed by atoms with E-state index < -0.39 is 0 Å². The van der Waals surface area contributed by atoms with Gasteiger partial charge in [0.05, 0.1) is 7.11 Å². The van der Waals surface area contributed by atoms with Crippen LogP contribution in [0.25, 0.3) is 0 Å². The van der Waals surface area contributed by atoms with Gasteiger partial charge in [0.1, 0.15) is 5.75 Å². The first-order valence-electron chi connectivity index (χ1n) is 5.79. The maximum Gasteiger partial charge on any atom is 0.118 e. The summed E-state index contributed by atoms with van der Waals surface area (Å²) in [6.07, 6.45) is 1.97. The van der Waals surface area contributed by atoms with Gasteiger partial charge in [-0.05, 0) is 36.0 Å². The molecule has 0 bridgehead atoms. The predicted octanol–water partition coefficient (Wildman–Crippen LogP) is 3.00. The monoisotopic (exact) mass is 221 g/mol. The fraction of sp³-hybridized carbons (Fsp3) is 0.571. The summed E-state index contributed by atoms with van der Waals surface area (Å²) in [6, 6.07) is 8.37. The maximum atomic E-state index is 6.13. The van der Waals surface area contributed by atoms with Crippen molar-refractivity contribution >= 4 is 0 Å². The number of methoxy groups -OCH3 is 1. The second kappa shape index (κ2) is 5.35. The third-order valence-electron chi connectivity index (χ3n) is 2.53. The molecular formula is C14H23NO. The smallest absolute Gasteiger partial charge is 0.118 e. The van der Waals surface area contributed by atoms with Crippen molar-refractivity contribution in [1.29, 1.82) is 0 Å². The molecule has 0 spiro atoms. The standard InChI is InChI=1S/C14H23NO/c1-14(2,3)10-12(15)9-11-5-7-13(16-4)8-6-11/h5-8,12H,9-10,15H2,1-4H3. The Morgan fingerprint density at radius 3 is 2.19 bits per heavy atom. The van der Waals surface area contributed by atoms with Crippen molar-refractivity contribution in [3.8, 4) is 5.75 Å². The Morgan fingerprint density at radius 2 is 1.75 bits per heavy atom. The lowest BCUT2D eigenvalue weighted by Gasteiger charge is -2.23. The van der Waals surface area contributed by atoms with Gasteiger partial charge in [-0.25, -0.2) is 0 Å². The minimum atomic E-state index is 0.230. The summed E-state index contributed by atoms with van der Waals surface area (Å²) in [4.78, 5) is 0. The Morgan fingerprint density at radius 1 is 1.19 bits per heavy atom. The number of nitrogens with two attached hydrogens (primary N) is 1. The molecule has 16 heavy (non-hydrogen) atoms. The van der Waals surface area contributed by atoms with Gasteiger partial charge in [-0.3, -0.25) is 0 Å². The molecule has 0 aliphatic rings. The van der Waals surface area contributed by atoms with E-state index in [0.717, 1.165) is 18.6 Å². The molecular weight excluding hydrogens is 198 g/mol. The van der Waals surface area contributed by atoms with Gasteiger partial charge in [-0.2, -0.15) is 0 Å². The van der Waals surface area contributed by atoms with E-state index in [1.54, 1.807) is 7.11 Å². The van der Waals surface area contributed by atoms with Crippen molar-refractivity contribution in [2.45, 2.75) is 39.7 Å². The largest absolute Gasteiger partial charge is 0.497 e. The second-order valence-corrected chi connectivity index (χ2v) is 5.58. The molecule has 1 aromatic carbocycles. The topological polar surface area (TPSA) is 35.2 Å². The first kappa shape index (κ1) is 13.0. The highest BCUT2D eigenvalue weighted by atomic mass is 16.5. The molecule has 1 aromatic rings. The molecule has 2 N–H and O–H groups in total. The van der Waals surface area contributed by atoms with E-state index >= 15 is 0 Å². The van der Waals surface area contributed by atoms with Gasteiger partial charge in [0.25, 0.3) is 0 Å². The number of ether oxygens (including phenoxy) is 1. The molecule has 1 rings (SSSR count). The fourth-order valence-electron chi connectivity index (χ4n) is 1.92. The lowest BCUT2D eigenvalue weighted by Crippen LogP contribution is -2.28. The van der Waals surface area contributed by atoms with Crippen LogP contribution in [0.1, 0.15) is 32.8 Å². The number of hydrogen-bond donors (Lipinski definition) is 1. The molecule has 0 aliphatic carbocycles. The van der Waals surface area contributed by atoms with Crippen LogP contribution in [0.2, 0.25) is 0 Å². The van der Waals surface area contributed by atoms with Crippen LogP contribution in [0, 0.1) is 5.41 Å². The highest BCUT2D eigenvalue weighted by Gasteiger charge is 2.15. The highest BCUT2D eigenvalue weighted by molar-refractivity contribution is 5.27. The molecule has 0 aliphatic heterocycles. The van der Waals surface area contributed by atoms with Crippen LogP contribution < -0.4 is 10.5 Å². The van der Waals surface area contributed by atoms with Crippen LogP contribution in [0.5, 0.6) is 5.75 Å². The zero-order chi connectivity index (χ0) is 12.2.